The Morgan fingerprint density at radius 3 is 2.56 bits per heavy atom. The number of rotatable bonds is 5. The number of hydrogen-bond acceptors (Lipinski definition) is 4. The highest BCUT2D eigenvalue weighted by Crippen LogP contribution is 2.36. The quantitative estimate of drug-likeness (QED) is 0.770. The molecule has 0 aromatic heterocycles. The fraction of sp³-hybridized carbons (Fsp3) is 0.632. The number of amides is 1. The molecule has 2 saturated heterocycles. The first-order valence-corrected chi connectivity index (χ1v) is 10.9. The van der Waals surface area contributed by atoms with Gasteiger partial charge in [-0.05, 0) is 62.3 Å². The second-order valence-corrected chi connectivity index (χ2v) is 9.46. The van der Waals surface area contributed by atoms with E-state index in [4.69, 9.17) is 0 Å². The second kappa shape index (κ2) is 8.90. The van der Waals surface area contributed by atoms with Gasteiger partial charge in [-0.3, -0.25) is 4.79 Å². The van der Waals surface area contributed by atoms with Crippen molar-refractivity contribution in [2.24, 2.45) is 5.41 Å². The largest absolute Gasteiger partial charge is 0.343 e. The lowest BCUT2D eigenvalue weighted by molar-refractivity contribution is -0.133. The first kappa shape index (κ1) is 22.1. The van der Waals surface area contributed by atoms with E-state index in [-0.39, 0.29) is 31.3 Å². The van der Waals surface area contributed by atoms with Crippen molar-refractivity contribution >= 4 is 28.3 Å². The normalized spacial score (nSPS) is 19.1. The van der Waals surface area contributed by atoms with E-state index in [1.54, 1.807) is 19.1 Å². The van der Waals surface area contributed by atoms with Crippen LogP contribution in [0.2, 0.25) is 0 Å². The molecule has 0 radical (unpaired) electrons. The maximum Gasteiger partial charge on any atom is 0.240 e. The molecule has 6 nitrogen and oxygen atoms in total. The molecule has 8 heteroatoms. The first-order chi connectivity index (χ1) is 12.3. The number of likely N-dealkylation sites (tertiary alicyclic amines) is 1. The third-order valence-electron chi connectivity index (χ3n) is 5.77. The molecule has 0 aliphatic carbocycles. The fourth-order valence-corrected chi connectivity index (χ4v) is 5.34. The maximum absolute atomic E-state index is 12.5. The summed E-state index contributed by atoms with van der Waals surface area (Å²) in [7, 11) is -3.59. The zero-order valence-electron chi connectivity index (χ0n) is 16.1. The minimum Gasteiger partial charge on any atom is -0.343 e. The van der Waals surface area contributed by atoms with Crippen LogP contribution in [0.1, 0.15) is 36.8 Å². The molecule has 27 heavy (non-hydrogen) atoms. The Morgan fingerprint density at radius 1 is 1.22 bits per heavy atom. The van der Waals surface area contributed by atoms with Crippen LogP contribution in [-0.2, 0) is 14.8 Å². The standard InChI is InChI=1S/C19H29N3O3S.ClH/c1-15-3-4-16(2)17(13-15)26(24,25)21-9-5-18(23)22-11-7-19(8-12-22)6-10-20-14-19;/h3-4,13,20-21H,5-12,14H2,1-2H3;1H. The number of nitrogens with zero attached hydrogens (tertiary/aromatic N) is 1. The Labute approximate surface area is 168 Å². The Morgan fingerprint density at radius 2 is 1.93 bits per heavy atom. The summed E-state index contributed by atoms with van der Waals surface area (Å²) in [6.07, 6.45) is 3.49. The Bertz CT molecular complexity index is 766. The van der Waals surface area contributed by atoms with Crippen molar-refractivity contribution in [3.63, 3.8) is 0 Å². The summed E-state index contributed by atoms with van der Waals surface area (Å²) >= 11 is 0. The molecule has 3 rings (SSSR count). The van der Waals surface area contributed by atoms with Crippen LogP contribution in [0.5, 0.6) is 0 Å². The van der Waals surface area contributed by atoms with Crippen LogP contribution >= 0.6 is 12.4 Å². The molecule has 0 unspecified atom stereocenters. The third kappa shape index (κ3) is 5.22. The summed E-state index contributed by atoms with van der Waals surface area (Å²) in [4.78, 5) is 14.6. The predicted molar refractivity (Wildman–Crippen MR) is 109 cm³/mol. The van der Waals surface area contributed by atoms with Gasteiger partial charge in [0.2, 0.25) is 15.9 Å². The molecular weight excluding hydrogens is 386 g/mol. The van der Waals surface area contributed by atoms with Crippen LogP contribution in [0.4, 0.5) is 0 Å². The summed E-state index contributed by atoms with van der Waals surface area (Å²) in [6, 6.07) is 5.36. The Hall–Kier alpha value is -1.15. The third-order valence-corrected chi connectivity index (χ3v) is 7.38. The van der Waals surface area contributed by atoms with Crippen molar-refractivity contribution < 1.29 is 13.2 Å². The van der Waals surface area contributed by atoms with Gasteiger partial charge in [0.15, 0.2) is 0 Å². The van der Waals surface area contributed by atoms with Crippen molar-refractivity contribution in [2.75, 3.05) is 32.7 Å². The molecule has 152 valence electrons. The molecule has 1 amide bonds. The van der Waals surface area contributed by atoms with Crippen molar-refractivity contribution in [1.29, 1.82) is 0 Å². The van der Waals surface area contributed by atoms with Crippen LogP contribution in [0.25, 0.3) is 0 Å². The Kier molecular flexibility index (Phi) is 7.30. The highest BCUT2D eigenvalue weighted by Gasteiger charge is 2.37. The highest BCUT2D eigenvalue weighted by molar-refractivity contribution is 7.89. The Balaban J connectivity index is 0.00000261. The number of benzene rings is 1. The SMILES string of the molecule is Cc1ccc(C)c(S(=O)(=O)NCCC(=O)N2CCC3(CCNC3)CC2)c1.Cl. The van der Waals surface area contributed by atoms with Crippen LogP contribution in [0.15, 0.2) is 23.1 Å². The van der Waals surface area contributed by atoms with Crippen LogP contribution in [-0.4, -0.2) is 51.9 Å². The van der Waals surface area contributed by atoms with Gasteiger partial charge in [-0.2, -0.15) is 0 Å². The van der Waals surface area contributed by atoms with E-state index < -0.39 is 10.0 Å². The molecule has 0 saturated carbocycles. The lowest BCUT2D eigenvalue weighted by Crippen LogP contribution is -2.44. The first-order valence-electron chi connectivity index (χ1n) is 9.37. The van der Waals surface area contributed by atoms with Crippen LogP contribution in [0.3, 0.4) is 0 Å². The highest BCUT2D eigenvalue weighted by atomic mass is 35.5. The predicted octanol–water partition coefficient (Wildman–Crippen LogP) is 2.00. The molecule has 2 aliphatic rings. The summed E-state index contributed by atoms with van der Waals surface area (Å²) in [5, 5.41) is 3.42. The van der Waals surface area contributed by atoms with E-state index >= 15 is 0 Å². The van der Waals surface area contributed by atoms with Gasteiger partial charge < -0.3 is 10.2 Å². The number of carbonyl (C=O) groups excluding carboxylic acids is 1. The number of halogens is 1. The van der Waals surface area contributed by atoms with Crippen molar-refractivity contribution in [2.45, 2.75) is 44.4 Å². The van der Waals surface area contributed by atoms with E-state index in [9.17, 15) is 13.2 Å². The molecule has 2 aliphatic heterocycles. The zero-order valence-corrected chi connectivity index (χ0v) is 17.7. The molecule has 1 spiro atoms. The van der Waals surface area contributed by atoms with Crippen molar-refractivity contribution in [3.8, 4) is 0 Å². The summed E-state index contributed by atoms with van der Waals surface area (Å²) in [5.74, 6) is 0.0365. The number of sulfonamides is 1. The van der Waals surface area contributed by atoms with Crippen molar-refractivity contribution in [3.05, 3.63) is 29.3 Å². The fourth-order valence-electron chi connectivity index (χ4n) is 3.98. The molecule has 2 heterocycles. The topological polar surface area (TPSA) is 78.5 Å². The van der Waals surface area contributed by atoms with Gasteiger partial charge in [-0.1, -0.05) is 12.1 Å². The maximum atomic E-state index is 12.5. The number of nitrogens with one attached hydrogen (secondary N) is 2. The number of aryl methyl sites for hydroxylation is 2. The van der Waals surface area contributed by atoms with E-state index in [1.165, 1.54) is 6.42 Å². The van der Waals surface area contributed by atoms with Crippen LogP contribution in [0, 0.1) is 19.3 Å². The smallest absolute Gasteiger partial charge is 0.240 e. The molecule has 1 aromatic carbocycles. The van der Waals surface area contributed by atoms with Gasteiger partial charge in [0.25, 0.3) is 0 Å². The monoisotopic (exact) mass is 415 g/mol. The van der Waals surface area contributed by atoms with E-state index in [2.05, 4.69) is 10.0 Å². The molecule has 2 N–H and O–H groups in total. The van der Waals surface area contributed by atoms with E-state index in [1.807, 2.05) is 17.9 Å². The van der Waals surface area contributed by atoms with Gasteiger partial charge in [0.1, 0.15) is 0 Å². The summed E-state index contributed by atoms with van der Waals surface area (Å²) < 4.78 is 27.6. The van der Waals surface area contributed by atoms with Crippen LogP contribution < -0.4 is 10.0 Å². The molecule has 2 fully saturated rings. The molecule has 0 atom stereocenters. The van der Waals surface area contributed by atoms with Gasteiger partial charge in [-0.25, -0.2) is 13.1 Å². The zero-order chi connectivity index (χ0) is 18.8. The van der Waals surface area contributed by atoms with Gasteiger partial charge >= 0.3 is 0 Å². The second-order valence-electron chi connectivity index (χ2n) is 7.72. The average molecular weight is 416 g/mol. The molecule has 0 bridgehead atoms. The minimum atomic E-state index is -3.59. The average Bonchev–Trinajstić information content (AvgIpc) is 3.05. The number of hydrogen-bond donors (Lipinski definition) is 2. The summed E-state index contributed by atoms with van der Waals surface area (Å²) in [6.45, 7) is 7.48. The molecule has 1 aromatic rings. The van der Waals surface area contributed by atoms with E-state index in [0.29, 0.717) is 15.9 Å². The van der Waals surface area contributed by atoms with E-state index in [0.717, 1.165) is 44.6 Å². The number of piperidine rings is 1. The minimum absolute atomic E-state index is 0. The molecular formula is C19H30ClN3O3S. The lowest BCUT2D eigenvalue weighted by atomic mass is 9.78. The van der Waals surface area contributed by atoms with Gasteiger partial charge in [0, 0.05) is 32.6 Å². The van der Waals surface area contributed by atoms with Crippen molar-refractivity contribution in [1.82, 2.24) is 14.9 Å². The lowest BCUT2D eigenvalue weighted by Gasteiger charge is -2.39. The van der Waals surface area contributed by atoms with Gasteiger partial charge in [0.05, 0.1) is 4.90 Å². The summed E-state index contributed by atoms with van der Waals surface area (Å²) in [5.41, 5.74) is 1.98. The number of carbonyl (C=O) groups is 1. The van der Waals surface area contributed by atoms with Gasteiger partial charge in [-0.15, -0.1) is 12.4 Å².